The predicted molar refractivity (Wildman–Crippen MR) is 81.5 cm³/mol. The number of esters is 1. The zero-order valence-corrected chi connectivity index (χ0v) is 14.1. The van der Waals surface area contributed by atoms with E-state index < -0.39 is 38.1 Å². The normalized spacial score (nSPS) is 21.6. The van der Waals surface area contributed by atoms with Crippen LogP contribution in [0.1, 0.15) is 30.6 Å². The van der Waals surface area contributed by atoms with Crippen LogP contribution in [0, 0.1) is 11.2 Å². The lowest BCUT2D eigenvalue weighted by Gasteiger charge is -2.20. The van der Waals surface area contributed by atoms with E-state index in [4.69, 9.17) is 4.74 Å². The van der Waals surface area contributed by atoms with Gasteiger partial charge in [-0.2, -0.15) is 4.31 Å². The molecule has 1 atom stereocenters. The maximum absolute atomic E-state index is 13.7. The molecule has 1 N–H and O–H groups in total. The monoisotopic (exact) mass is 359 g/mol. The average molecular weight is 359 g/mol. The van der Waals surface area contributed by atoms with Gasteiger partial charge >= 0.3 is 11.9 Å². The van der Waals surface area contributed by atoms with Crippen LogP contribution >= 0.6 is 0 Å². The summed E-state index contributed by atoms with van der Waals surface area (Å²) < 4.78 is 44.8. The molecular formula is C15H18FNO6S. The van der Waals surface area contributed by atoms with Gasteiger partial charge in [-0.15, -0.1) is 0 Å². The van der Waals surface area contributed by atoms with Crippen molar-refractivity contribution >= 4 is 22.0 Å². The lowest BCUT2D eigenvalue weighted by atomic mass is 9.90. The highest BCUT2D eigenvalue weighted by Crippen LogP contribution is 2.34. The molecule has 9 heteroatoms. The fourth-order valence-corrected chi connectivity index (χ4v) is 4.11. The SMILES string of the molecule is CCOC(=O)c1cc(F)cc(S(=O)(=O)N2CCC(C)(C(=O)O)C2)c1. The van der Waals surface area contributed by atoms with Crippen LogP contribution in [0.15, 0.2) is 23.1 Å². The van der Waals surface area contributed by atoms with Gasteiger partial charge in [-0.3, -0.25) is 4.79 Å². The average Bonchev–Trinajstić information content (AvgIpc) is 2.91. The smallest absolute Gasteiger partial charge is 0.338 e. The van der Waals surface area contributed by atoms with Gasteiger partial charge < -0.3 is 9.84 Å². The van der Waals surface area contributed by atoms with Crippen LogP contribution in [0.4, 0.5) is 4.39 Å². The van der Waals surface area contributed by atoms with Crippen LogP contribution in [0.3, 0.4) is 0 Å². The minimum atomic E-state index is -4.11. The first-order valence-electron chi connectivity index (χ1n) is 7.31. The van der Waals surface area contributed by atoms with E-state index in [0.717, 1.165) is 22.5 Å². The molecule has 1 fully saturated rings. The third kappa shape index (κ3) is 3.41. The lowest BCUT2D eigenvalue weighted by molar-refractivity contribution is -0.146. The second kappa shape index (κ2) is 6.48. The first-order valence-corrected chi connectivity index (χ1v) is 8.75. The molecule has 0 saturated carbocycles. The van der Waals surface area contributed by atoms with Crippen molar-refractivity contribution in [1.82, 2.24) is 4.31 Å². The van der Waals surface area contributed by atoms with E-state index >= 15 is 0 Å². The molecule has 0 aromatic heterocycles. The molecule has 0 spiro atoms. The largest absolute Gasteiger partial charge is 0.481 e. The van der Waals surface area contributed by atoms with Crippen molar-refractivity contribution in [2.24, 2.45) is 5.41 Å². The fraction of sp³-hybridized carbons (Fsp3) is 0.467. The Balaban J connectivity index is 2.37. The number of nitrogens with zero attached hydrogens (tertiary/aromatic N) is 1. The number of aliphatic carboxylic acids is 1. The third-order valence-electron chi connectivity index (χ3n) is 3.97. The van der Waals surface area contributed by atoms with E-state index in [1.165, 1.54) is 6.92 Å². The number of carboxylic acid groups (broad SMARTS) is 1. The Labute approximate surface area is 139 Å². The van der Waals surface area contributed by atoms with Crippen molar-refractivity contribution < 1.29 is 32.2 Å². The summed E-state index contributed by atoms with van der Waals surface area (Å²) >= 11 is 0. The molecule has 1 saturated heterocycles. The highest BCUT2D eigenvalue weighted by Gasteiger charge is 2.45. The van der Waals surface area contributed by atoms with Crippen LogP contribution in [0.25, 0.3) is 0 Å². The molecule has 0 amide bonds. The van der Waals surface area contributed by atoms with Gasteiger partial charge in [0.25, 0.3) is 0 Å². The first-order chi connectivity index (χ1) is 11.1. The molecule has 2 rings (SSSR count). The van der Waals surface area contributed by atoms with Gasteiger partial charge in [0.1, 0.15) is 5.82 Å². The molecule has 1 unspecified atom stereocenters. The highest BCUT2D eigenvalue weighted by atomic mass is 32.2. The number of hydrogen-bond donors (Lipinski definition) is 1. The molecule has 7 nitrogen and oxygen atoms in total. The van der Waals surface area contributed by atoms with Gasteiger partial charge in [-0.1, -0.05) is 0 Å². The van der Waals surface area contributed by atoms with Gasteiger partial charge in [0.2, 0.25) is 10.0 Å². The van der Waals surface area contributed by atoms with Crippen molar-refractivity contribution in [2.45, 2.75) is 25.2 Å². The van der Waals surface area contributed by atoms with Gasteiger partial charge in [0.15, 0.2) is 0 Å². The summed E-state index contributed by atoms with van der Waals surface area (Å²) in [6, 6.07) is 2.73. The summed E-state index contributed by atoms with van der Waals surface area (Å²) in [5.74, 6) is -2.81. The molecule has 1 aromatic rings. The standard InChI is InChI=1S/C15H18FNO6S/c1-3-23-13(18)10-6-11(16)8-12(7-10)24(21,22)17-5-4-15(2,9-17)14(19)20/h6-8H,3-5,9H2,1-2H3,(H,19,20). The highest BCUT2D eigenvalue weighted by molar-refractivity contribution is 7.89. The number of benzene rings is 1. The van der Waals surface area contributed by atoms with Crippen molar-refractivity contribution in [2.75, 3.05) is 19.7 Å². The molecule has 1 aromatic carbocycles. The maximum atomic E-state index is 13.7. The molecular weight excluding hydrogens is 341 g/mol. The quantitative estimate of drug-likeness (QED) is 0.800. The summed E-state index contributed by atoms with van der Waals surface area (Å²) in [7, 11) is -4.11. The van der Waals surface area contributed by atoms with Crippen LogP contribution < -0.4 is 0 Å². The molecule has 1 aliphatic heterocycles. The summed E-state index contributed by atoms with van der Waals surface area (Å²) in [4.78, 5) is 22.6. The van der Waals surface area contributed by atoms with Crippen molar-refractivity contribution in [3.63, 3.8) is 0 Å². The Bertz CT molecular complexity index is 778. The third-order valence-corrected chi connectivity index (χ3v) is 5.80. The molecule has 24 heavy (non-hydrogen) atoms. The maximum Gasteiger partial charge on any atom is 0.338 e. The number of carbonyl (C=O) groups is 2. The second-order valence-corrected chi connectivity index (χ2v) is 7.79. The van der Waals surface area contributed by atoms with Crippen LogP contribution in [-0.4, -0.2) is 49.5 Å². The zero-order valence-electron chi connectivity index (χ0n) is 13.3. The number of halogens is 1. The van der Waals surface area contributed by atoms with E-state index in [0.29, 0.717) is 0 Å². The molecule has 1 aliphatic rings. The van der Waals surface area contributed by atoms with Gasteiger partial charge in [0, 0.05) is 13.1 Å². The van der Waals surface area contributed by atoms with E-state index in [2.05, 4.69) is 0 Å². The van der Waals surface area contributed by atoms with Crippen molar-refractivity contribution in [3.8, 4) is 0 Å². The molecule has 0 radical (unpaired) electrons. The summed E-state index contributed by atoms with van der Waals surface area (Å²) in [6.07, 6.45) is 0.154. The molecule has 1 heterocycles. The topological polar surface area (TPSA) is 101 Å². The van der Waals surface area contributed by atoms with Gasteiger partial charge in [-0.25, -0.2) is 17.6 Å². The van der Waals surface area contributed by atoms with E-state index in [1.54, 1.807) is 6.92 Å². The minimum Gasteiger partial charge on any atom is -0.481 e. The molecule has 0 aliphatic carbocycles. The Hall–Kier alpha value is -2.00. The van der Waals surface area contributed by atoms with Crippen molar-refractivity contribution in [3.05, 3.63) is 29.6 Å². The summed E-state index contributed by atoms with van der Waals surface area (Å²) in [5, 5.41) is 9.20. The lowest BCUT2D eigenvalue weighted by Crippen LogP contribution is -2.35. The number of carbonyl (C=O) groups excluding carboxylic acids is 1. The predicted octanol–water partition coefficient (Wildman–Crippen LogP) is 1.49. The second-order valence-electron chi connectivity index (χ2n) is 5.85. The Morgan fingerprint density at radius 1 is 1.38 bits per heavy atom. The van der Waals surface area contributed by atoms with Crippen LogP contribution in [0.2, 0.25) is 0 Å². The number of ether oxygens (including phenoxy) is 1. The van der Waals surface area contributed by atoms with E-state index in [1.807, 2.05) is 0 Å². The van der Waals surface area contributed by atoms with E-state index in [9.17, 15) is 27.5 Å². The number of rotatable bonds is 5. The van der Waals surface area contributed by atoms with Gasteiger partial charge in [-0.05, 0) is 38.5 Å². The van der Waals surface area contributed by atoms with E-state index in [-0.39, 0.29) is 31.7 Å². The Morgan fingerprint density at radius 3 is 2.58 bits per heavy atom. The number of sulfonamides is 1. The minimum absolute atomic E-state index is 0.0103. The molecule has 132 valence electrons. The Kier molecular flexibility index (Phi) is 4.95. The number of carboxylic acids is 1. The van der Waals surface area contributed by atoms with Crippen LogP contribution in [-0.2, 0) is 19.6 Å². The fourth-order valence-electron chi connectivity index (χ4n) is 2.49. The number of hydrogen-bond acceptors (Lipinski definition) is 5. The summed E-state index contributed by atoms with van der Waals surface area (Å²) in [5.41, 5.74) is -1.40. The molecule has 0 bridgehead atoms. The van der Waals surface area contributed by atoms with Gasteiger partial charge in [0.05, 0.1) is 22.5 Å². The summed E-state index contributed by atoms with van der Waals surface area (Å²) in [6.45, 7) is 2.90. The zero-order chi connectivity index (χ0) is 18.1. The Morgan fingerprint density at radius 2 is 2.04 bits per heavy atom. The first kappa shape index (κ1) is 18.3. The van der Waals surface area contributed by atoms with Crippen molar-refractivity contribution in [1.29, 1.82) is 0 Å². The van der Waals surface area contributed by atoms with Crippen LogP contribution in [0.5, 0.6) is 0 Å².